The summed E-state index contributed by atoms with van der Waals surface area (Å²) in [5, 5.41) is 8.81. The molecular formula is C8H11NO3. The number of methoxy groups -OCH3 is 1. The first-order valence-electron chi connectivity index (χ1n) is 3.50. The zero-order valence-electron chi connectivity index (χ0n) is 6.73. The quantitative estimate of drug-likeness (QED) is 0.520. The van der Waals surface area contributed by atoms with E-state index in [2.05, 4.69) is 15.1 Å². The molecule has 0 saturated heterocycles. The van der Waals surface area contributed by atoms with Crippen LogP contribution in [0.5, 0.6) is 0 Å². The Balaban J connectivity index is 2.33. The fraction of sp³-hybridized carbons (Fsp3) is 0.250. The lowest BCUT2D eigenvalue weighted by atomic mass is 10.3. The van der Waals surface area contributed by atoms with Gasteiger partial charge in [0.15, 0.2) is 0 Å². The van der Waals surface area contributed by atoms with E-state index in [1.165, 1.54) is 7.11 Å². The van der Waals surface area contributed by atoms with Crippen LogP contribution < -0.4 is 5.48 Å². The Hall–Kier alpha value is -1.10. The van der Waals surface area contributed by atoms with Crippen molar-refractivity contribution in [1.29, 1.82) is 0 Å². The highest BCUT2D eigenvalue weighted by atomic mass is 16.9. The van der Waals surface area contributed by atoms with Crippen molar-refractivity contribution in [2.45, 2.75) is 6.48 Å². The SMILES string of the molecule is COC(O)ONc1ccccc1. The molecule has 0 radical (unpaired) electrons. The Morgan fingerprint density at radius 2 is 2.00 bits per heavy atom. The van der Waals surface area contributed by atoms with Gasteiger partial charge < -0.3 is 9.84 Å². The van der Waals surface area contributed by atoms with Crippen LogP contribution in [0.2, 0.25) is 0 Å². The maximum atomic E-state index is 8.81. The summed E-state index contributed by atoms with van der Waals surface area (Å²) in [6.45, 7) is -1.25. The monoisotopic (exact) mass is 169 g/mol. The van der Waals surface area contributed by atoms with Crippen molar-refractivity contribution in [2.75, 3.05) is 12.6 Å². The van der Waals surface area contributed by atoms with E-state index >= 15 is 0 Å². The van der Waals surface area contributed by atoms with Crippen LogP contribution in [-0.4, -0.2) is 18.7 Å². The smallest absolute Gasteiger partial charge is 0.291 e. The fourth-order valence-corrected chi connectivity index (χ4v) is 0.673. The van der Waals surface area contributed by atoms with Gasteiger partial charge in [-0.3, -0.25) is 5.48 Å². The third kappa shape index (κ3) is 2.87. The summed E-state index contributed by atoms with van der Waals surface area (Å²) in [4.78, 5) is 4.66. The Kier molecular flexibility index (Phi) is 3.53. The largest absolute Gasteiger partial charge is 0.344 e. The van der Waals surface area contributed by atoms with Gasteiger partial charge in [0.2, 0.25) is 0 Å². The molecule has 12 heavy (non-hydrogen) atoms. The fourth-order valence-electron chi connectivity index (χ4n) is 0.673. The van der Waals surface area contributed by atoms with E-state index in [9.17, 15) is 0 Å². The Morgan fingerprint density at radius 3 is 2.58 bits per heavy atom. The molecule has 0 spiro atoms. The highest BCUT2D eigenvalue weighted by Gasteiger charge is 1.99. The minimum atomic E-state index is -1.25. The minimum absolute atomic E-state index is 0.758. The lowest BCUT2D eigenvalue weighted by molar-refractivity contribution is -0.236. The third-order valence-electron chi connectivity index (χ3n) is 1.25. The van der Waals surface area contributed by atoms with Gasteiger partial charge >= 0.3 is 0 Å². The summed E-state index contributed by atoms with van der Waals surface area (Å²) in [5.74, 6) is 0. The van der Waals surface area contributed by atoms with Gasteiger partial charge in [-0.2, -0.15) is 0 Å². The third-order valence-corrected chi connectivity index (χ3v) is 1.25. The zero-order chi connectivity index (χ0) is 8.81. The first-order chi connectivity index (χ1) is 5.83. The van der Waals surface area contributed by atoms with E-state index in [-0.39, 0.29) is 0 Å². The molecule has 0 bridgehead atoms. The van der Waals surface area contributed by atoms with Crippen LogP contribution >= 0.6 is 0 Å². The van der Waals surface area contributed by atoms with Crippen molar-refractivity contribution in [1.82, 2.24) is 0 Å². The van der Waals surface area contributed by atoms with Gasteiger partial charge in [-0.15, -0.1) is 0 Å². The number of hydrogen-bond acceptors (Lipinski definition) is 4. The standard InChI is InChI=1S/C8H11NO3/c1-11-8(10)12-9-7-5-3-2-4-6-7/h2-6,8-10H,1H3. The molecular weight excluding hydrogens is 158 g/mol. The van der Waals surface area contributed by atoms with Gasteiger partial charge in [0.25, 0.3) is 6.48 Å². The molecule has 0 fully saturated rings. The van der Waals surface area contributed by atoms with Crippen LogP contribution in [0.4, 0.5) is 5.69 Å². The van der Waals surface area contributed by atoms with Crippen molar-refractivity contribution in [3.05, 3.63) is 30.3 Å². The average molecular weight is 169 g/mol. The average Bonchev–Trinajstić information content (AvgIpc) is 2.16. The van der Waals surface area contributed by atoms with E-state index in [1.807, 2.05) is 30.3 Å². The summed E-state index contributed by atoms with van der Waals surface area (Å²) >= 11 is 0. The second-order valence-corrected chi connectivity index (χ2v) is 2.13. The van der Waals surface area contributed by atoms with Gasteiger partial charge in [-0.05, 0) is 12.1 Å². The molecule has 4 heteroatoms. The Bertz CT molecular complexity index is 215. The molecule has 0 amide bonds. The molecule has 2 N–H and O–H groups in total. The molecule has 0 heterocycles. The molecule has 66 valence electrons. The Morgan fingerprint density at radius 1 is 1.33 bits per heavy atom. The molecule has 1 rings (SSSR count). The molecule has 0 saturated carbocycles. The van der Waals surface area contributed by atoms with E-state index in [1.54, 1.807) is 0 Å². The van der Waals surface area contributed by atoms with Crippen LogP contribution in [0.15, 0.2) is 30.3 Å². The molecule has 0 aliphatic heterocycles. The lowest BCUT2D eigenvalue weighted by Gasteiger charge is -2.10. The molecule has 0 aliphatic rings. The van der Waals surface area contributed by atoms with Crippen LogP contribution in [0, 0.1) is 0 Å². The van der Waals surface area contributed by atoms with E-state index in [0.717, 1.165) is 5.69 Å². The van der Waals surface area contributed by atoms with Crippen LogP contribution in [-0.2, 0) is 9.57 Å². The topological polar surface area (TPSA) is 50.7 Å². The zero-order valence-corrected chi connectivity index (χ0v) is 6.73. The molecule has 1 aromatic rings. The second kappa shape index (κ2) is 4.71. The first-order valence-corrected chi connectivity index (χ1v) is 3.50. The van der Waals surface area contributed by atoms with Crippen LogP contribution in [0.3, 0.4) is 0 Å². The van der Waals surface area contributed by atoms with Crippen molar-refractivity contribution in [3.63, 3.8) is 0 Å². The number of rotatable bonds is 4. The van der Waals surface area contributed by atoms with Crippen LogP contribution in [0.1, 0.15) is 0 Å². The number of para-hydroxylation sites is 1. The normalized spacial score (nSPS) is 12.5. The maximum absolute atomic E-state index is 8.81. The van der Waals surface area contributed by atoms with Gasteiger partial charge in [-0.25, -0.2) is 4.84 Å². The number of aliphatic hydroxyl groups is 1. The molecule has 1 unspecified atom stereocenters. The molecule has 1 aromatic carbocycles. The summed E-state index contributed by atoms with van der Waals surface area (Å²) in [7, 11) is 1.34. The molecule has 1 atom stereocenters. The first kappa shape index (κ1) is 8.99. The minimum Gasteiger partial charge on any atom is -0.344 e. The lowest BCUT2D eigenvalue weighted by Crippen LogP contribution is -2.17. The van der Waals surface area contributed by atoms with Crippen molar-refractivity contribution < 1.29 is 14.7 Å². The highest BCUT2D eigenvalue weighted by Crippen LogP contribution is 2.05. The van der Waals surface area contributed by atoms with E-state index < -0.39 is 6.48 Å². The van der Waals surface area contributed by atoms with E-state index in [4.69, 9.17) is 5.11 Å². The summed E-state index contributed by atoms with van der Waals surface area (Å²) in [6, 6.07) is 9.21. The van der Waals surface area contributed by atoms with Gasteiger partial charge in [0.1, 0.15) is 0 Å². The second-order valence-electron chi connectivity index (χ2n) is 2.13. The molecule has 4 nitrogen and oxygen atoms in total. The summed E-state index contributed by atoms with van der Waals surface area (Å²) < 4.78 is 4.44. The predicted octanol–water partition coefficient (Wildman–Crippen LogP) is 0.952. The summed E-state index contributed by atoms with van der Waals surface area (Å²) in [6.07, 6.45) is 0. The van der Waals surface area contributed by atoms with Crippen molar-refractivity contribution in [2.24, 2.45) is 0 Å². The van der Waals surface area contributed by atoms with Crippen LogP contribution in [0.25, 0.3) is 0 Å². The number of aliphatic hydroxyl groups excluding tert-OH is 1. The number of benzene rings is 1. The van der Waals surface area contributed by atoms with Gasteiger partial charge in [0.05, 0.1) is 5.69 Å². The van der Waals surface area contributed by atoms with Crippen molar-refractivity contribution in [3.8, 4) is 0 Å². The number of nitrogens with one attached hydrogen (secondary N) is 1. The molecule has 0 aliphatic carbocycles. The number of anilines is 1. The Labute approximate surface area is 70.7 Å². The number of ether oxygens (including phenoxy) is 1. The highest BCUT2D eigenvalue weighted by molar-refractivity contribution is 5.39. The maximum Gasteiger partial charge on any atom is 0.291 e. The van der Waals surface area contributed by atoms with Crippen molar-refractivity contribution >= 4 is 5.69 Å². The molecule has 0 aromatic heterocycles. The van der Waals surface area contributed by atoms with E-state index in [0.29, 0.717) is 0 Å². The summed E-state index contributed by atoms with van der Waals surface area (Å²) in [5.41, 5.74) is 3.28. The van der Waals surface area contributed by atoms with Gasteiger partial charge in [0, 0.05) is 7.11 Å². The number of hydrogen-bond donors (Lipinski definition) is 2. The predicted molar refractivity (Wildman–Crippen MR) is 44.2 cm³/mol. The van der Waals surface area contributed by atoms with Gasteiger partial charge in [-0.1, -0.05) is 18.2 Å².